The Morgan fingerprint density at radius 1 is 1.10 bits per heavy atom. The van der Waals surface area contributed by atoms with Crippen molar-refractivity contribution in [3.05, 3.63) is 51.6 Å². The molecule has 1 heterocycles. The summed E-state index contributed by atoms with van der Waals surface area (Å²) in [6.45, 7) is 0.973. The molecule has 0 atom stereocenters. The fourth-order valence-corrected chi connectivity index (χ4v) is 3.78. The van der Waals surface area contributed by atoms with Crippen molar-refractivity contribution in [1.29, 1.82) is 0 Å². The van der Waals surface area contributed by atoms with E-state index in [1.165, 1.54) is 0 Å². The zero-order chi connectivity index (χ0) is 14.9. The van der Waals surface area contributed by atoms with Crippen molar-refractivity contribution < 1.29 is 8.42 Å². The van der Waals surface area contributed by atoms with Crippen LogP contribution in [-0.2, 0) is 16.4 Å². The molecule has 0 aromatic heterocycles. The standard InChI is InChI=1S/C15H15IN2O2S/c16-12-3-6-14(7-4-12)21(19,20)18-13-5-8-15-11(10-13)2-1-9-17-15/h3-8,10,17-18H,1-2,9H2. The number of anilines is 2. The van der Waals surface area contributed by atoms with Crippen molar-refractivity contribution in [3.63, 3.8) is 0 Å². The lowest BCUT2D eigenvalue weighted by Gasteiger charge is -2.19. The lowest BCUT2D eigenvalue weighted by molar-refractivity contribution is 0.601. The fourth-order valence-electron chi connectivity index (χ4n) is 2.37. The molecule has 2 N–H and O–H groups in total. The summed E-state index contributed by atoms with van der Waals surface area (Å²) < 4.78 is 28.4. The molecule has 2 aromatic rings. The maximum Gasteiger partial charge on any atom is 0.261 e. The Bertz CT molecular complexity index is 758. The molecule has 21 heavy (non-hydrogen) atoms. The lowest BCUT2D eigenvalue weighted by atomic mass is 10.0. The van der Waals surface area contributed by atoms with Crippen molar-refractivity contribution in [2.24, 2.45) is 0 Å². The van der Waals surface area contributed by atoms with Crippen LogP contribution < -0.4 is 10.0 Å². The van der Waals surface area contributed by atoms with E-state index in [1.807, 2.05) is 12.1 Å². The number of hydrogen-bond donors (Lipinski definition) is 2. The van der Waals surface area contributed by atoms with Gasteiger partial charge in [0.05, 0.1) is 4.90 Å². The summed E-state index contributed by atoms with van der Waals surface area (Å²) in [7, 11) is -3.53. The summed E-state index contributed by atoms with van der Waals surface area (Å²) in [5.74, 6) is 0. The number of fused-ring (bicyclic) bond motifs is 1. The first kappa shape index (κ1) is 14.6. The quantitative estimate of drug-likeness (QED) is 0.757. The molecule has 0 saturated heterocycles. The highest BCUT2D eigenvalue weighted by Crippen LogP contribution is 2.26. The van der Waals surface area contributed by atoms with Gasteiger partial charge in [-0.05, 0) is 83.5 Å². The Morgan fingerprint density at radius 3 is 2.62 bits per heavy atom. The third-order valence-corrected chi connectivity index (χ3v) is 5.54. The summed E-state index contributed by atoms with van der Waals surface area (Å²) in [6.07, 6.45) is 2.04. The first-order chi connectivity index (χ1) is 10.0. The van der Waals surface area contributed by atoms with Crippen LogP contribution in [0.15, 0.2) is 47.4 Å². The molecule has 0 fully saturated rings. The molecule has 0 saturated carbocycles. The van der Waals surface area contributed by atoms with E-state index in [0.717, 1.165) is 34.2 Å². The van der Waals surface area contributed by atoms with Gasteiger partial charge in [0.2, 0.25) is 0 Å². The van der Waals surface area contributed by atoms with Gasteiger partial charge in [0.25, 0.3) is 10.0 Å². The Kier molecular flexibility index (Phi) is 4.08. The predicted molar refractivity (Wildman–Crippen MR) is 93.2 cm³/mol. The van der Waals surface area contributed by atoms with Crippen LogP contribution in [0.25, 0.3) is 0 Å². The zero-order valence-corrected chi connectivity index (χ0v) is 14.2. The van der Waals surface area contributed by atoms with Crippen molar-refractivity contribution in [2.75, 3.05) is 16.6 Å². The van der Waals surface area contributed by atoms with Gasteiger partial charge in [-0.1, -0.05) is 0 Å². The molecule has 0 amide bonds. The van der Waals surface area contributed by atoms with Crippen molar-refractivity contribution in [3.8, 4) is 0 Å². The second-order valence-electron chi connectivity index (χ2n) is 4.96. The molecule has 0 unspecified atom stereocenters. The van der Waals surface area contributed by atoms with Gasteiger partial charge < -0.3 is 5.32 Å². The number of rotatable bonds is 3. The van der Waals surface area contributed by atoms with Crippen LogP contribution in [0.1, 0.15) is 12.0 Å². The minimum absolute atomic E-state index is 0.277. The third kappa shape index (κ3) is 3.32. The molecule has 0 aliphatic carbocycles. The average Bonchev–Trinajstić information content (AvgIpc) is 2.47. The number of hydrogen-bond acceptors (Lipinski definition) is 3. The van der Waals surface area contributed by atoms with Gasteiger partial charge in [-0.3, -0.25) is 4.72 Å². The predicted octanol–water partition coefficient (Wildman–Crippen LogP) is 3.45. The second kappa shape index (κ2) is 5.84. The third-order valence-electron chi connectivity index (χ3n) is 3.42. The second-order valence-corrected chi connectivity index (χ2v) is 7.89. The minimum atomic E-state index is -3.53. The summed E-state index contributed by atoms with van der Waals surface area (Å²) in [6, 6.07) is 12.4. The van der Waals surface area contributed by atoms with Crippen LogP contribution in [0.5, 0.6) is 0 Å². The molecule has 110 valence electrons. The van der Waals surface area contributed by atoms with E-state index in [0.29, 0.717) is 5.69 Å². The van der Waals surface area contributed by atoms with E-state index in [9.17, 15) is 8.42 Å². The van der Waals surface area contributed by atoms with E-state index >= 15 is 0 Å². The number of halogens is 1. The summed E-state index contributed by atoms with van der Waals surface area (Å²) in [5.41, 5.74) is 2.86. The van der Waals surface area contributed by atoms with E-state index in [4.69, 9.17) is 0 Å². The van der Waals surface area contributed by atoms with E-state index in [-0.39, 0.29) is 4.90 Å². The van der Waals surface area contributed by atoms with Crippen molar-refractivity contribution in [1.82, 2.24) is 0 Å². The van der Waals surface area contributed by atoms with Gasteiger partial charge in [-0.2, -0.15) is 0 Å². The highest BCUT2D eigenvalue weighted by molar-refractivity contribution is 14.1. The van der Waals surface area contributed by atoms with E-state index in [2.05, 4.69) is 32.6 Å². The largest absolute Gasteiger partial charge is 0.385 e. The number of aryl methyl sites for hydroxylation is 1. The van der Waals surface area contributed by atoms with Crippen LogP contribution in [0.2, 0.25) is 0 Å². The lowest BCUT2D eigenvalue weighted by Crippen LogP contribution is -2.15. The summed E-state index contributed by atoms with van der Waals surface area (Å²) in [5, 5.41) is 3.31. The Hall–Kier alpha value is -1.28. The molecule has 6 heteroatoms. The topological polar surface area (TPSA) is 58.2 Å². The average molecular weight is 414 g/mol. The maximum absolute atomic E-state index is 12.4. The zero-order valence-electron chi connectivity index (χ0n) is 11.3. The minimum Gasteiger partial charge on any atom is -0.385 e. The first-order valence-electron chi connectivity index (χ1n) is 6.70. The van der Waals surface area contributed by atoms with Crippen LogP contribution in [-0.4, -0.2) is 15.0 Å². The first-order valence-corrected chi connectivity index (χ1v) is 9.26. The van der Waals surface area contributed by atoms with Crippen LogP contribution >= 0.6 is 22.6 Å². The monoisotopic (exact) mass is 414 g/mol. The van der Waals surface area contributed by atoms with Crippen molar-refractivity contribution >= 4 is 44.0 Å². The molecule has 1 aliphatic rings. The van der Waals surface area contributed by atoms with Crippen LogP contribution in [0.3, 0.4) is 0 Å². The molecular weight excluding hydrogens is 399 g/mol. The number of nitrogens with one attached hydrogen (secondary N) is 2. The fraction of sp³-hybridized carbons (Fsp3) is 0.200. The molecule has 0 radical (unpaired) electrons. The Labute approximate surface area is 138 Å². The normalized spacial score (nSPS) is 14.1. The van der Waals surface area contributed by atoms with Crippen LogP contribution in [0.4, 0.5) is 11.4 Å². The van der Waals surface area contributed by atoms with Crippen molar-refractivity contribution in [2.45, 2.75) is 17.7 Å². The molecule has 1 aliphatic heterocycles. The molecular formula is C15H15IN2O2S. The highest BCUT2D eigenvalue weighted by Gasteiger charge is 2.15. The molecule has 0 bridgehead atoms. The van der Waals surface area contributed by atoms with Gasteiger partial charge >= 0.3 is 0 Å². The molecule has 4 nitrogen and oxygen atoms in total. The van der Waals surface area contributed by atoms with E-state index in [1.54, 1.807) is 30.3 Å². The van der Waals surface area contributed by atoms with Gasteiger partial charge in [0.15, 0.2) is 0 Å². The Balaban J connectivity index is 1.87. The van der Waals surface area contributed by atoms with Gasteiger partial charge in [0, 0.05) is 21.5 Å². The van der Waals surface area contributed by atoms with Gasteiger partial charge in [0.1, 0.15) is 0 Å². The highest BCUT2D eigenvalue weighted by atomic mass is 127. The summed E-state index contributed by atoms with van der Waals surface area (Å²) >= 11 is 2.15. The molecule has 2 aromatic carbocycles. The van der Waals surface area contributed by atoms with Crippen LogP contribution in [0, 0.1) is 3.57 Å². The maximum atomic E-state index is 12.4. The molecule has 3 rings (SSSR count). The number of benzene rings is 2. The molecule has 0 spiro atoms. The van der Waals surface area contributed by atoms with E-state index < -0.39 is 10.0 Å². The number of sulfonamides is 1. The van der Waals surface area contributed by atoms with Gasteiger partial charge in [-0.25, -0.2) is 8.42 Å². The smallest absolute Gasteiger partial charge is 0.261 e. The SMILES string of the molecule is O=S(=O)(Nc1ccc2c(c1)CCCN2)c1ccc(I)cc1. The summed E-state index contributed by atoms with van der Waals surface area (Å²) in [4.78, 5) is 0.277. The Morgan fingerprint density at radius 2 is 1.86 bits per heavy atom. The van der Waals surface area contributed by atoms with Gasteiger partial charge in [-0.15, -0.1) is 0 Å².